The van der Waals surface area contributed by atoms with Gasteiger partial charge in [-0.05, 0) is 30.8 Å². The van der Waals surface area contributed by atoms with Crippen LogP contribution < -0.4 is 5.73 Å². The summed E-state index contributed by atoms with van der Waals surface area (Å²) in [6.07, 6.45) is 1.57. The molecular weight excluding hydrogens is 300 g/mol. The van der Waals surface area contributed by atoms with Gasteiger partial charge in [-0.3, -0.25) is 0 Å². The van der Waals surface area contributed by atoms with Crippen LogP contribution in [0, 0.1) is 0 Å². The van der Waals surface area contributed by atoms with Crippen LogP contribution in [0.4, 0.5) is 5.69 Å². The summed E-state index contributed by atoms with van der Waals surface area (Å²) in [4.78, 5) is 12.5. The third-order valence-electron chi connectivity index (χ3n) is 2.42. The highest BCUT2D eigenvalue weighted by molar-refractivity contribution is 7.99. The van der Waals surface area contributed by atoms with Crippen molar-refractivity contribution in [1.82, 2.24) is 14.8 Å². The monoisotopic (exact) mass is 312 g/mol. The van der Waals surface area contributed by atoms with E-state index in [9.17, 15) is 4.79 Å². The lowest BCUT2D eigenvalue weighted by Gasteiger charge is -2.11. The summed E-state index contributed by atoms with van der Waals surface area (Å²) in [5, 5.41) is 8.73. The van der Waals surface area contributed by atoms with E-state index in [0.717, 1.165) is 0 Å². The zero-order valence-corrected chi connectivity index (χ0v) is 12.5. The molecule has 0 aliphatic rings. The predicted molar refractivity (Wildman–Crippen MR) is 76.9 cm³/mol. The van der Waals surface area contributed by atoms with Gasteiger partial charge in [-0.1, -0.05) is 11.6 Å². The fourth-order valence-corrected chi connectivity index (χ4v) is 2.75. The number of nitrogen functional groups attached to an aromatic ring is 1. The largest absolute Gasteiger partial charge is 0.462 e. The van der Waals surface area contributed by atoms with E-state index in [1.54, 1.807) is 37.0 Å². The molecule has 0 aliphatic heterocycles. The first-order valence-corrected chi connectivity index (χ1v) is 7.00. The maximum atomic E-state index is 12.0. The lowest BCUT2D eigenvalue weighted by atomic mass is 10.2. The minimum atomic E-state index is -0.466. The molecule has 1 aromatic carbocycles. The Morgan fingerprint density at radius 3 is 2.90 bits per heavy atom. The third kappa shape index (κ3) is 3.05. The van der Waals surface area contributed by atoms with Gasteiger partial charge in [-0.25, -0.2) is 4.79 Å². The quantitative estimate of drug-likeness (QED) is 0.689. The van der Waals surface area contributed by atoms with Gasteiger partial charge in [-0.15, -0.1) is 10.2 Å². The molecule has 1 aromatic heterocycles. The number of anilines is 1. The predicted octanol–water partition coefficient (Wildman–Crippen LogP) is 2.38. The van der Waals surface area contributed by atoms with E-state index < -0.39 is 5.97 Å². The molecule has 2 rings (SSSR count). The molecule has 8 heteroatoms. The average molecular weight is 313 g/mol. The fourth-order valence-electron chi connectivity index (χ4n) is 1.53. The Hall–Kier alpha value is -1.73. The van der Waals surface area contributed by atoms with Crippen LogP contribution in [0.2, 0.25) is 5.02 Å². The molecule has 2 N–H and O–H groups in total. The molecule has 0 amide bonds. The standard InChI is InChI=1S/C12H13ClN4O2S/c1-3-19-11(18)8-4-7(14)5-9(13)10(8)20-12-16-15-6-17(12)2/h4-6H,3,14H2,1-2H3. The summed E-state index contributed by atoms with van der Waals surface area (Å²) < 4.78 is 6.75. The fraction of sp³-hybridized carbons (Fsp3) is 0.250. The normalized spacial score (nSPS) is 10.6. The molecule has 0 atom stereocenters. The highest BCUT2D eigenvalue weighted by atomic mass is 35.5. The van der Waals surface area contributed by atoms with Crippen molar-refractivity contribution in [2.75, 3.05) is 12.3 Å². The molecule has 0 bridgehead atoms. The third-order valence-corrected chi connectivity index (χ3v) is 4.03. The van der Waals surface area contributed by atoms with E-state index in [1.165, 1.54) is 11.8 Å². The van der Waals surface area contributed by atoms with E-state index in [4.69, 9.17) is 22.1 Å². The molecule has 0 aliphatic carbocycles. The number of hydrogen-bond donors (Lipinski definition) is 1. The van der Waals surface area contributed by atoms with Gasteiger partial charge in [-0.2, -0.15) is 0 Å². The lowest BCUT2D eigenvalue weighted by Crippen LogP contribution is -2.07. The van der Waals surface area contributed by atoms with Crippen LogP contribution in [0.1, 0.15) is 17.3 Å². The number of nitrogens with zero attached hydrogens (tertiary/aromatic N) is 3. The number of ether oxygens (including phenoxy) is 1. The summed E-state index contributed by atoms with van der Waals surface area (Å²) in [6, 6.07) is 3.13. The van der Waals surface area contributed by atoms with Crippen molar-refractivity contribution < 1.29 is 9.53 Å². The van der Waals surface area contributed by atoms with Crippen molar-refractivity contribution in [3.05, 3.63) is 29.0 Å². The van der Waals surface area contributed by atoms with Crippen LogP contribution in [0.25, 0.3) is 0 Å². The summed E-state index contributed by atoms with van der Waals surface area (Å²) in [6.45, 7) is 2.01. The second kappa shape index (κ2) is 6.15. The molecule has 106 valence electrons. The molecule has 0 fully saturated rings. The van der Waals surface area contributed by atoms with Crippen LogP contribution in [-0.4, -0.2) is 27.3 Å². The maximum absolute atomic E-state index is 12.0. The summed E-state index contributed by atoms with van der Waals surface area (Å²) >= 11 is 7.42. The highest BCUT2D eigenvalue weighted by Gasteiger charge is 2.19. The van der Waals surface area contributed by atoms with Gasteiger partial charge < -0.3 is 15.0 Å². The Balaban J connectivity index is 2.45. The average Bonchev–Trinajstić information content (AvgIpc) is 2.78. The minimum absolute atomic E-state index is 0.277. The van der Waals surface area contributed by atoms with Gasteiger partial charge in [0.05, 0.1) is 17.2 Å². The molecule has 1 heterocycles. The Bertz CT molecular complexity index is 644. The molecule has 0 radical (unpaired) electrons. The highest BCUT2D eigenvalue weighted by Crippen LogP contribution is 2.36. The summed E-state index contributed by atoms with van der Waals surface area (Å²) in [7, 11) is 1.80. The first-order valence-electron chi connectivity index (χ1n) is 5.81. The second-order valence-corrected chi connectivity index (χ2v) is 5.31. The summed E-state index contributed by atoms with van der Waals surface area (Å²) in [5.41, 5.74) is 6.46. The number of rotatable bonds is 4. The van der Waals surface area contributed by atoms with E-state index in [1.807, 2.05) is 0 Å². The molecule has 2 aromatic rings. The number of aromatic nitrogens is 3. The molecule has 6 nitrogen and oxygen atoms in total. The van der Waals surface area contributed by atoms with Gasteiger partial charge >= 0.3 is 5.97 Å². The maximum Gasteiger partial charge on any atom is 0.339 e. The van der Waals surface area contributed by atoms with Gasteiger partial charge in [0.15, 0.2) is 5.16 Å². The number of aryl methyl sites for hydroxylation is 1. The number of hydrogen-bond acceptors (Lipinski definition) is 6. The van der Waals surface area contributed by atoms with Crippen molar-refractivity contribution in [3.63, 3.8) is 0 Å². The SMILES string of the molecule is CCOC(=O)c1cc(N)cc(Cl)c1Sc1nncn1C. The molecular formula is C12H13ClN4O2S. The van der Waals surface area contributed by atoms with Crippen LogP contribution in [0.15, 0.2) is 28.5 Å². The number of carbonyl (C=O) groups excluding carboxylic acids is 1. The zero-order valence-electron chi connectivity index (χ0n) is 11.0. The van der Waals surface area contributed by atoms with Gasteiger partial charge in [0, 0.05) is 17.6 Å². The molecule has 0 saturated heterocycles. The van der Waals surface area contributed by atoms with Crippen LogP contribution in [0.3, 0.4) is 0 Å². The number of esters is 1. The second-order valence-electron chi connectivity index (χ2n) is 3.93. The molecule has 20 heavy (non-hydrogen) atoms. The molecule has 0 saturated carbocycles. The van der Waals surface area contributed by atoms with Crippen LogP contribution in [-0.2, 0) is 11.8 Å². The summed E-state index contributed by atoms with van der Waals surface area (Å²) in [5.74, 6) is -0.466. The first-order chi connectivity index (χ1) is 9.52. The lowest BCUT2D eigenvalue weighted by molar-refractivity contribution is 0.0522. The Morgan fingerprint density at radius 2 is 2.30 bits per heavy atom. The zero-order chi connectivity index (χ0) is 14.7. The van der Waals surface area contributed by atoms with Gasteiger partial charge in [0.1, 0.15) is 6.33 Å². The first kappa shape index (κ1) is 14.7. The van der Waals surface area contributed by atoms with E-state index >= 15 is 0 Å². The Labute approximate surface area is 125 Å². The topological polar surface area (TPSA) is 83.0 Å². The minimum Gasteiger partial charge on any atom is -0.462 e. The van der Waals surface area contributed by atoms with Crippen molar-refractivity contribution >= 4 is 35.0 Å². The number of nitrogens with two attached hydrogens (primary N) is 1. The number of carbonyl (C=O) groups is 1. The Morgan fingerprint density at radius 1 is 1.55 bits per heavy atom. The number of halogens is 1. The molecule has 0 unspecified atom stereocenters. The van der Waals surface area contributed by atoms with Crippen molar-refractivity contribution in [1.29, 1.82) is 0 Å². The van der Waals surface area contributed by atoms with Gasteiger partial charge in [0.2, 0.25) is 0 Å². The van der Waals surface area contributed by atoms with Crippen LogP contribution in [0.5, 0.6) is 0 Å². The van der Waals surface area contributed by atoms with Crippen molar-refractivity contribution in [3.8, 4) is 0 Å². The van der Waals surface area contributed by atoms with E-state index in [2.05, 4.69) is 10.2 Å². The van der Waals surface area contributed by atoms with Gasteiger partial charge in [0.25, 0.3) is 0 Å². The van der Waals surface area contributed by atoms with Crippen LogP contribution >= 0.6 is 23.4 Å². The van der Waals surface area contributed by atoms with Crippen molar-refractivity contribution in [2.24, 2.45) is 7.05 Å². The Kier molecular flexibility index (Phi) is 4.51. The smallest absolute Gasteiger partial charge is 0.339 e. The van der Waals surface area contributed by atoms with E-state index in [0.29, 0.717) is 26.3 Å². The molecule has 0 spiro atoms. The number of benzene rings is 1. The van der Waals surface area contributed by atoms with Crippen molar-refractivity contribution in [2.45, 2.75) is 17.0 Å². The van der Waals surface area contributed by atoms with E-state index in [-0.39, 0.29) is 6.61 Å².